The topological polar surface area (TPSA) is 80.9 Å². The summed E-state index contributed by atoms with van der Waals surface area (Å²) in [5, 5.41) is 0.506. The van der Waals surface area contributed by atoms with Crippen LogP contribution in [0.5, 0.6) is 0 Å². The molecule has 30 heavy (non-hydrogen) atoms. The maximum absolute atomic E-state index is 12.7. The first-order chi connectivity index (χ1) is 14.3. The maximum atomic E-state index is 12.7. The van der Waals surface area contributed by atoms with Gasteiger partial charge in [0.15, 0.2) is 0 Å². The number of benzene rings is 1. The summed E-state index contributed by atoms with van der Waals surface area (Å²) >= 11 is 0. The Bertz CT molecular complexity index is 1140. The standard InChI is InChI=1S/C22H30N6O2/c1-15-18(26-11-9-22(2,14-26)13-25(4)12-10-24-3)8-7-17-19(15)27(16-5-6-16)21(30)28(23)20(17)29/h7-8,16H,5-6,9-14,23H2,1-2,4H3. The van der Waals surface area contributed by atoms with E-state index in [9.17, 15) is 9.59 Å². The van der Waals surface area contributed by atoms with E-state index in [0.29, 0.717) is 11.9 Å². The Morgan fingerprint density at radius 1 is 1.33 bits per heavy atom. The zero-order chi connectivity index (χ0) is 21.6. The normalized spacial score (nSPS) is 21.5. The lowest BCUT2D eigenvalue weighted by Gasteiger charge is -2.30. The Labute approximate surface area is 176 Å². The lowest BCUT2D eigenvalue weighted by Crippen LogP contribution is -2.44. The number of hydrogen-bond donors (Lipinski definition) is 1. The van der Waals surface area contributed by atoms with Gasteiger partial charge >= 0.3 is 5.69 Å². The molecule has 1 saturated carbocycles. The van der Waals surface area contributed by atoms with Gasteiger partial charge in [-0.05, 0) is 56.3 Å². The van der Waals surface area contributed by atoms with E-state index in [-0.39, 0.29) is 11.5 Å². The van der Waals surface area contributed by atoms with Crippen LogP contribution in [-0.4, -0.2) is 53.9 Å². The van der Waals surface area contributed by atoms with Crippen molar-refractivity contribution in [2.24, 2.45) is 5.41 Å². The maximum Gasteiger partial charge on any atom is 0.350 e. The Morgan fingerprint density at radius 2 is 2.07 bits per heavy atom. The highest BCUT2D eigenvalue weighted by atomic mass is 16.2. The monoisotopic (exact) mass is 410 g/mol. The molecule has 160 valence electrons. The molecule has 4 rings (SSSR count). The molecule has 8 nitrogen and oxygen atoms in total. The van der Waals surface area contributed by atoms with Crippen molar-refractivity contribution in [3.05, 3.63) is 50.0 Å². The van der Waals surface area contributed by atoms with Crippen LogP contribution in [0.1, 0.15) is 37.8 Å². The molecule has 1 aliphatic heterocycles. The van der Waals surface area contributed by atoms with Gasteiger partial charge < -0.3 is 15.6 Å². The second-order valence-electron chi connectivity index (χ2n) is 9.27. The number of aryl methyl sites for hydroxylation is 1. The minimum Gasteiger partial charge on any atom is -0.371 e. The quantitative estimate of drug-likeness (QED) is 0.578. The first-order valence-corrected chi connectivity index (χ1v) is 10.6. The van der Waals surface area contributed by atoms with Gasteiger partial charge in [-0.15, -0.1) is 0 Å². The van der Waals surface area contributed by atoms with Gasteiger partial charge in [0.2, 0.25) is 6.54 Å². The van der Waals surface area contributed by atoms with Gasteiger partial charge in [0.05, 0.1) is 17.4 Å². The zero-order valence-electron chi connectivity index (χ0n) is 18.0. The van der Waals surface area contributed by atoms with E-state index in [1.165, 1.54) is 0 Å². The highest BCUT2D eigenvalue weighted by Gasteiger charge is 2.36. The van der Waals surface area contributed by atoms with E-state index in [4.69, 9.17) is 12.4 Å². The van der Waals surface area contributed by atoms with E-state index >= 15 is 0 Å². The number of rotatable bonds is 6. The average molecular weight is 411 g/mol. The van der Waals surface area contributed by atoms with Crippen molar-refractivity contribution in [1.82, 2.24) is 14.1 Å². The summed E-state index contributed by atoms with van der Waals surface area (Å²) in [6.07, 6.45) is 2.94. The highest BCUT2D eigenvalue weighted by Crippen LogP contribution is 2.39. The number of nitrogen functional groups attached to an aromatic ring is 1. The van der Waals surface area contributed by atoms with Crippen LogP contribution in [-0.2, 0) is 0 Å². The molecule has 1 saturated heterocycles. The third-order valence-corrected chi connectivity index (χ3v) is 6.56. The summed E-state index contributed by atoms with van der Waals surface area (Å²) < 4.78 is 2.47. The minimum absolute atomic E-state index is 0.129. The molecule has 0 amide bonds. The van der Waals surface area contributed by atoms with Gasteiger partial charge in [0.25, 0.3) is 5.56 Å². The minimum atomic E-state index is -0.436. The van der Waals surface area contributed by atoms with E-state index in [1.54, 1.807) is 4.57 Å². The van der Waals surface area contributed by atoms with Crippen molar-refractivity contribution in [3.8, 4) is 0 Å². The smallest absolute Gasteiger partial charge is 0.350 e. The van der Waals surface area contributed by atoms with E-state index in [1.807, 2.05) is 19.1 Å². The molecule has 2 fully saturated rings. The first kappa shape index (κ1) is 20.5. The van der Waals surface area contributed by atoms with Crippen LogP contribution in [0.4, 0.5) is 5.69 Å². The molecule has 0 radical (unpaired) electrons. The fourth-order valence-electron chi connectivity index (χ4n) is 4.92. The van der Waals surface area contributed by atoms with Crippen LogP contribution < -0.4 is 22.0 Å². The predicted octanol–water partition coefficient (Wildman–Crippen LogP) is 1.59. The molecule has 2 aliphatic rings. The van der Waals surface area contributed by atoms with Crippen LogP contribution in [0.2, 0.25) is 0 Å². The van der Waals surface area contributed by atoms with Gasteiger partial charge in [0.1, 0.15) is 0 Å². The number of aromatic nitrogens is 2. The first-order valence-electron chi connectivity index (χ1n) is 10.6. The van der Waals surface area contributed by atoms with Crippen molar-refractivity contribution in [2.45, 2.75) is 39.2 Å². The summed E-state index contributed by atoms with van der Waals surface area (Å²) in [6.45, 7) is 15.4. The van der Waals surface area contributed by atoms with Gasteiger partial charge in [-0.3, -0.25) is 14.3 Å². The van der Waals surface area contributed by atoms with Crippen LogP contribution in [0, 0.1) is 18.9 Å². The number of nitrogens with zero attached hydrogens (tertiary/aromatic N) is 5. The molecular formula is C22H30N6O2. The summed E-state index contributed by atoms with van der Waals surface area (Å²) in [5.74, 6) is 5.78. The zero-order valence-corrected chi connectivity index (χ0v) is 18.0. The van der Waals surface area contributed by atoms with Crippen LogP contribution in [0.15, 0.2) is 21.7 Å². The van der Waals surface area contributed by atoms with Crippen LogP contribution in [0.25, 0.3) is 15.7 Å². The molecule has 1 unspecified atom stereocenters. The van der Waals surface area contributed by atoms with E-state index < -0.39 is 11.2 Å². The van der Waals surface area contributed by atoms with E-state index in [0.717, 1.165) is 66.9 Å². The molecule has 1 aliphatic carbocycles. The predicted molar refractivity (Wildman–Crippen MR) is 120 cm³/mol. The largest absolute Gasteiger partial charge is 0.371 e. The number of anilines is 1. The fourth-order valence-corrected chi connectivity index (χ4v) is 4.92. The second-order valence-corrected chi connectivity index (χ2v) is 9.27. The lowest BCUT2D eigenvalue weighted by atomic mass is 9.89. The highest BCUT2D eigenvalue weighted by molar-refractivity contribution is 5.87. The van der Waals surface area contributed by atoms with Crippen molar-refractivity contribution >= 4 is 16.6 Å². The Kier molecular flexibility index (Phi) is 5.10. The number of likely N-dealkylation sites (N-methyl/N-ethyl adjacent to an activating group) is 1. The second kappa shape index (κ2) is 7.47. The van der Waals surface area contributed by atoms with Gasteiger partial charge in [0, 0.05) is 31.4 Å². The van der Waals surface area contributed by atoms with Crippen LogP contribution in [0.3, 0.4) is 0 Å². The lowest BCUT2D eigenvalue weighted by molar-refractivity contribution is 0.218. The molecule has 8 heteroatoms. The molecule has 1 aromatic heterocycles. The number of fused-ring (bicyclic) bond motifs is 1. The third kappa shape index (κ3) is 3.47. The van der Waals surface area contributed by atoms with Crippen LogP contribution >= 0.6 is 0 Å². The SMILES string of the molecule is [C-]#[N+]CCN(C)CC1(C)CCN(c2ccc3c(=O)n(N)c(=O)n(C4CC4)c3c2C)C1. The number of hydrogen-bond acceptors (Lipinski definition) is 5. The summed E-state index contributed by atoms with van der Waals surface area (Å²) in [4.78, 5) is 33.4. The van der Waals surface area contributed by atoms with Gasteiger partial charge in [-0.1, -0.05) is 6.92 Å². The molecule has 2 heterocycles. The summed E-state index contributed by atoms with van der Waals surface area (Å²) in [5.41, 5.74) is 2.05. The van der Waals surface area contributed by atoms with Gasteiger partial charge in [-0.2, -0.15) is 4.68 Å². The number of nitrogens with two attached hydrogens (primary N) is 1. The van der Waals surface area contributed by atoms with Crippen molar-refractivity contribution < 1.29 is 0 Å². The summed E-state index contributed by atoms with van der Waals surface area (Å²) in [6, 6.07) is 3.94. The molecule has 0 spiro atoms. The molecule has 2 aromatic rings. The summed E-state index contributed by atoms with van der Waals surface area (Å²) in [7, 11) is 2.08. The Balaban J connectivity index is 1.70. The molecule has 2 N–H and O–H groups in total. The van der Waals surface area contributed by atoms with E-state index in [2.05, 4.69) is 28.6 Å². The molecular weight excluding hydrogens is 380 g/mol. The Morgan fingerprint density at radius 3 is 2.73 bits per heavy atom. The van der Waals surface area contributed by atoms with Crippen molar-refractivity contribution in [3.63, 3.8) is 0 Å². The van der Waals surface area contributed by atoms with Crippen molar-refractivity contribution in [2.75, 3.05) is 50.5 Å². The Hall–Kier alpha value is -2.79. The fraction of sp³-hybridized carbons (Fsp3) is 0.591. The molecule has 0 bridgehead atoms. The average Bonchev–Trinajstić information content (AvgIpc) is 3.47. The van der Waals surface area contributed by atoms with Crippen molar-refractivity contribution in [1.29, 1.82) is 0 Å². The molecule has 1 aromatic carbocycles. The molecule has 1 atom stereocenters. The van der Waals surface area contributed by atoms with Gasteiger partial charge in [-0.25, -0.2) is 11.4 Å². The third-order valence-electron chi connectivity index (χ3n) is 6.56.